The lowest BCUT2D eigenvalue weighted by molar-refractivity contribution is 0.607. The van der Waals surface area contributed by atoms with Crippen LogP contribution in [0.25, 0.3) is 22.6 Å². The van der Waals surface area contributed by atoms with Crippen molar-refractivity contribution in [3.8, 4) is 11.5 Å². The molecular weight excluding hydrogens is 288 g/mol. The Morgan fingerprint density at radius 2 is 1.95 bits per heavy atom. The van der Waals surface area contributed by atoms with Gasteiger partial charge in [-0.1, -0.05) is 17.7 Å². The fraction of sp³-hybridized carbons (Fsp3) is 0.133. The van der Waals surface area contributed by atoms with E-state index in [4.69, 9.17) is 4.42 Å². The molecule has 0 bridgehead atoms. The van der Waals surface area contributed by atoms with Crippen LogP contribution >= 0.6 is 0 Å². The number of benzene rings is 2. The van der Waals surface area contributed by atoms with Crippen molar-refractivity contribution in [3.63, 3.8) is 0 Å². The van der Waals surface area contributed by atoms with Crippen molar-refractivity contribution in [3.05, 3.63) is 48.0 Å². The molecular formula is C15H14N2O3S. The number of nitrogens with one attached hydrogen (secondary N) is 1. The molecule has 1 heterocycles. The van der Waals surface area contributed by atoms with Crippen LogP contribution in [0.15, 0.2) is 46.9 Å². The molecule has 0 radical (unpaired) electrons. The van der Waals surface area contributed by atoms with E-state index in [-0.39, 0.29) is 0 Å². The third-order valence-corrected chi connectivity index (χ3v) is 3.56. The first-order chi connectivity index (χ1) is 9.90. The first-order valence-electron chi connectivity index (χ1n) is 6.36. The van der Waals surface area contributed by atoms with Crippen molar-refractivity contribution < 1.29 is 12.8 Å². The molecule has 0 saturated heterocycles. The highest BCUT2D eigenvalue weighted by Crippen LogP contribution is 2.26. The molecule has 0 saturated carbocycles. The number of fused-ring (bicyclic) bond motifs is 1. The molecule has 0 aliphatic heterocycles. The van der Waals surface area contributed by atoms with Gasteiger partial charge in [0.2, 0.25) is 15.9 Å². The summed E-state index contributed by atoms with van der Waals surface area (Å²) >= 11 is 0. The van der Waals surface area contributed by atoms with E-state index < -0.39 is 10.0 Å². The van der Waals surface area contributed by atoms with E-state index in [9.17, 15) is 8.42 Å². The van der Waals surface area contributed by atoms with Gasteiger partial charge in [0, 0.05) is 11.6 Å². The maximum Gasteiger partial charge on any atom is 0.229 e. The second kappa shape index (κ2) is 4.89. The highest BCUT2D eigenvalue weighted by atomic mass is 32.2. The summed E-state index contributed by atoms with van der Waals surface area (Å²) < 4.78 is 30.6. The summed E-state index contributed by atoms with van der Waals surface area (Å²) in [6, 6.07) is 12.9. The smallest absolute Gasteiger partial charge is 0.229 e. The van der Waals surface area contributed by atoms with Crippen molar-refractivity contribution in [2.24, 2.45) is 0 Å². The third-order valence-electron chi connectivity index (χ3n) is 2.96. The topological polar surface area (TPSA) is 72.2 Å². The number of aromatic nitrogens is 1. The quantitative estimate of drug-likeness (QED) is 0.806. The zero-order chi connectivity index (χ0) is 15.0. The number of rotatable bonds is 3. The molecule has 3 aromatic rings. The van der Waals surface area contributed by atoms with E-state index in [1.54, 1.807) is 18.2 Å². The van der Waals surface area contributed by atoms with Crippen LogP contribution in [0, 0.1) is 6.92 Å². The van der Waals surface area contributed by atoms with Crippen LogP contribution in [-0.2, 0) is 10.0 Å². The third kappa shape index (κ3) is 3.05. The number of nitrogens with zero attached hydrogens (tertiary/aromatic N) is 1. The van der Waals surface area contributed by atoms with Gasteiger partial charge in [-0.3, -0.25) is 4.72 Å². The summed E-state index contributed by atoms with van der Waals surface area (Å²) in [5, 5.41) is 0. The molecule has 0 spiro atoms. The van der Waals surface area contributed by atoms with Crippen LogP contribution in [0.4, 0.5) is 5.69 Å². The van der Waals surface area contributed by atoms with Crippen molar-refractivity contribution in [2.75, 3.05) is 11.0 Å². The molecule has 0 fully saturated rings. The van der Waals surface area contributed by atoms with Gasteiger partial charge in [0.25, 0.3) is 0 Å². The van der Waals surface area contributed by atoms with Crippen molar-refractivity contribution >= 4 is 26.8 Å². The van der Waals surface area contributed by atoms with E-state index in [2.05, 4.69) is 9.71 Å². The fourth-order valence-corrected chi connectivity index (χ4v) is 2.66. The standard InChI is InChI=1S/C15H14N2O3S/c1-10-4-3-5-11(8-10)15-16-13-7-6-12(9-14(13)20-15)17-21(2,18)19/h3-9,17H,1-2H3. The second-order valence-electron chi connectivity index (χ2n) is 4.95. The molecule has 21 heavy (non-hydrogen) atoms. The summed E-state index contributed by atoms with van der Waals surface area (Å²) in [6.45, 7) is 2.00. The predicted octanol–water partition coefficient (Wildman–Crippen LogP) is 3.17. The lowest BCUT2D eigenvalue weighted by Gasteiger charge is -2.01. The Kier molecular flexibility index (Phi) is 3.17. The summed E-state index contributed by atoms with van der Waals surface area (Å²) in [6.07, 6.45) is 1.11. The zero-order valence-corrected chi connectivity index (χ0v) is 12.4. The number of oxazole rings is 1. The summed E-state index contributed by atoms with van der Waals surface area (Å²) in [5.41, 5.74) is 3.70. The monoisotopic (exact) mass is 302 g/mol. The predicted molar refractivity (Wildman–Crippen MR) is 82.6 cm³/mol. The van der Waals surface area contributed by atoms with Gasteiger partial charge >= 0.3 is 0 Å². The first-order valence-corrected chi connectivity index (χ1v) is 8.25. The lowest BCUT2D eigenvalue weighted by atomic mass is 10.1. The highest BCUT2D eigenvalue weighted by Gasteiger charge is 2.10. The molecule has 0 atom stereocenters. The maximum absolute atomic E-state index is 11.2. The van der Waals surface area contributed by atoms with Crippen LogP contribution in [0.2, 0.25) is 0 Å². The molecule has 2 aromatic carbocycles. The Morgan fingerprint density at radius 3 is 2.67 bits per heavy atom. The highest BCUT2D eigenvalue weighted by molar-refractivity contribution is 7.92. The van der Waals surface area contributed by atoms with Crippen molar-refractivity contribution in [1.29, 1.82) is 0 Å². The zero-order valence-electron chi connectivity index (χ0n) is 11.6. The number of hydrogen-bond acceptors (Lipinski definition) is 4. The number of hydrogen-bond donors (Lipinski definition) is 1. The van der Waals surface area contributed by atoms with Crippen molar-refractivity contribution in [1.82, 2.24) is 4.98 Å². The maximum atomic E-state index is 11.2. The Bertz CT molecular complexity index is 914. The minimum atomic E-state index is -3.31. The van der Waals surface area contributed by atoms with Gasteiger partial charge in [0.15, 0.2) is 5.58 Å². The van der Waals surface area contributed by atoms with Crippen molar-refractivity contribution in [2.45, 2.75) is 6.92 Å². The van der Waals surface area contributed by atoms with Gasteiger partial charge in [-0.15, -0.1) is 0 Å². The molecule has 1 N–H and O–H groups in total. The minimum absolute atomic E-state index is 0.456. The van der Waals surface area contributed by atoms with Crippen LogP contribution in [0.3, 0.4) is 0 Å². The molecule has 0 unspecified atom stereocenters. The Hall–Kier alpha value is -2.34. The van der Waals surface area contributed by atoms with Gasteiger partial charge in [-0.05, 0) is 31.2 Å². The van der Waals surface area contributed by atoms with Crippen LogP contribution in [0.1, 0.15) is 5.56 Å². The lowest BCUT2D eigenvalue weighted by Crippen LogP contribution is -2.09. The van der Waals surface area contributed by atoms with E-state index in [1.165, 1.54) is 0 Å². The first kappa shape index (κ1) is 13.6. The largest absolute Gasteiger partial charge is 0.436 e. The average molecular weight is 302 g/mol. The number of sulfonamides is 1. The van der Waals surface area contributed by atoms with Gasteiger partial charge in [0.1, 0.15) is 5.52 Å². The Labute approximate surface area is 122 Å². The number of anilines is 1. The van der Waals surface area contributed by atoms with E-state index >= 15 is 0 Å². The second-order valence-corrected chi connectivity index (χ2v) is 6.69. The normalized spacial score (nSPS) is 11.7. The van der Waals surface area contributed by atoms with Gasteiger partial charge in [0.05, 0.1) is 11.9 Å². The summed E-state index contributed by atoms with van der Waals surface area (Å²) in [4.78, 5) is 4.42. The van der Waals surface area contributed by atoms with Gasteiger partial charge < -0.3 is 4.42 Å². The summed E-state index contributed by atoms with van der Waals surface area (Å²) in [7, 11) is -3.31. The molecule has 5 nitrogen and oxygen atoms in total. The molecule has 0 amide bonds. The van der Waals surface area contributed by atoms with Crippen LogP contribution in [-0.4, -0.2) is 19.7 Å². The minimum Gasteiger partial charge on any atom is -0.436 e. The fourth-order valence-electron chi connectivity index (χ4n) is 2.10. The van der Waals surface area contributed by atoms with E-state index in [0.717, 1.165) is 17.4 Å². The molecule has 0 aliphatic rings. The van der Waals surface area contributed by atoms with E-state index in [1.807, 2.05) is 31.2 Å². The van der Waals surface area contributed by atoms with Gasteiger partial charge in [-0.25, -0.2) is 13.4 Å². The molecule has 3 rings (SSSR count). The van der Waals surface area contributed by atoms with Gasteiger partial charge in [-0.2, -0.15) is 0 Å². The Balaban J connectivity index is 2.04. The average Bonchev–Trinajstić information content (AvgIpc) is 2.80. The molecule has 0 aliphatic carbocycles. The Morgan fingerprint density at radius 1 is 1.14 bits per heavy atom. The van der Waals surface area contributed by atoms with E-state index in [0.29, 0.717) is 22.7 Å². The molecule has 1 aromatic heterocycles. The van der Waals surface area contributed by atoms with Crippen LogP contribution < -0.4 is 4.72 Å². The SMILES string of the molecule is Cc1cccc(-c2nc3ccc(NS(C)(=O)=O)cc3o2)c1. The number of aryl methyl sites for hydroxylation is 1. The molecule has 108 valence electrons. The molecule has 6 heteroatoms. The summed E-state index contributed by atoms with van der Waals surface area (Å²) in [5.74, 6) is 0.519. The van der Waals surface area contributed by atoms with Crippen LogP contribution in [0.5, 0.6) is 0 Å².